The maximum absolute atomic E-state index is 10.6. The van der Waals surface area contributed by atoms with Crippen molar-refractivity contribution in [2.75, 3.05) is 33.9 Å². The lowest BCUT2D eigenvalue weighted by Gasteiger charge is -2.13. The Hall–Kier alpha value is -1.21. The molecule has 7 heteroatoms. The van der Waals surface area contributed by atoms with Crippen LogP contribution in [0.2, 0.25) is 0 Å². The summed E-state index contributed by atoms with van der Waals surface area (Å²) in [5.41, 5.74) is 0.467. The second kappa shape index (κ2) is 8.82. The van der Waals surface area contributed by atoms with Crippen molar-refractivity contribution in [3.8, 4) is 0 Å². The molecule has 1 unspecified atom stereocenters. The molecule has 1 rings (SSSR count). The number of halogens is 1. The van der Waals surface area contributed by atoms with Crippen LogP contribution in [0.15, 0.2) is 24.3 Å². The molecule has 0 aromatic heterocycles. The van der Waals surface area contributed by atoms with Crippen molar-refractivity contribution < 1.29 is 14.8 Å². The molecule has 0 aliphatic heterocycles. The van der Waals surface area contributed by atoms with Crippen LogP contribution in [0, 0.1) is 10.1 Å². The van der Waals surface area contributed by atoms with Crippen LogP contribution in [0.3, 0.4) is 0 Å². The van der Waals surface area contributed by atoms with Gasteiger partial charge in [-0.3, -0.25) is 10.1 Å². The first kappa shape index (κ1) is 17.8. The molecule has 6 nitrogen and oxygen atoms in total. The van der Waals surface area contributed by atoms with Crippen LogP contribution in [0.25, 0.3) is 0 Å². The van der Waals surface area contributed by atoms with E-state index >= 15 is 0 Å². The van der Waals surface area contributed by atoms with Gasteiger partial charge in [0.05, 0.1) is 18.1 Å². The van der Waals surface area contributed by atoms with Crippen LogP contribution in [0.5, 0.6) is 0 Å². The zero-order chi connectivity index (χ0) is 13.5. The molecule has 1 aromatic carbocycles. The van der Waals surface area contributed by atoms with Gasteiger partial charge in [0.2, 0.25) is 0 Å². The predicted octanol–water partition coefficient (Wildman–Crippen LogP) is 1.63. The minimum Gasteiger partial charge on any atom is -0.386 e. The van der Waals surface area contributed by atoms with Gasteiger partial charge in [-0.05, 0) is 19.7 Å². The molecule has 0 bridgehead atoms. The number of non-ortho nitro benzene ring substituents is 1. The van der Waals surface area contributed by atoms with E-state index in [1.807, 2.05) is 19.0 Å². The van der Waals surface area contributed by atoms with Gasteiger partial charge in [0, 0.05) is 18.7 Å². The summed E-state index contributed by atoms with van der Waals surface area (Å²) in [5, 5.41) is 20.4. The number of hydrogen-bond donors (Lipinski definition) is 1. The van der Waals surface area contributed by atoms with E-state index in [9.17, 15) is 15.2 Å². The number of benzene rings is 1. The van der Waals surface area contributed by atoms with E-state index in [0.717, 1.165) is 6.54 Å². The van der Waals surface area contributed by atoms with Gasteiger partial charge in [-0.15, -0.1) is 12.4 Å². The van der Waals surface area contributed by atoms with Gasteiger partial charge < -0.3 is 14.7 Å². The van der Waals surface area contributed by atoms with E-state index in [-0.39, 0.29) is 24.7 Å². The summed E-state index contributed by atoms with van der Waals surface area (Å²) in [5.74, 6) is 0. The molecule has 0 spiro atoms. The highest BCUT2D eigenvalue weighted by molar-refractivity contribution is 5.85. The molecule has 108 valence electrons. The third kappa shape index (κ3) is 6.49. The predicted molar refractivity (Wildman–Crippen MR) is 74.7 cm³/mol. The molecule has 0 amide bonds. The van der Waals surface area contributed by atoms with Crippen LogP contribution in [-0.4, -0.2) is 48.8 Å². The minimum absolute atomic E-state index is 0. The van der Waals surface area contributed by atoms with Crippen molar-refractivity contribution in [3.63, 3.8) is 0 Å². The number of aliphatic hydroxyl groups is 1. The fourth-order valence-corrected chi connectivity index (χ4v) is 1.38. The zero-order valence-electron chi connectivity index (χ0n) is 11.0. The maximum Gasteiger partial charge on any atom is 0.269 e. The SMILES string of the molecule is CN(C)CCOCC(O)c1cccc([N+](=O)[O-])c1.Cl. The van der Waals surface area contributed by atoms with Crippen LogP contribution in [-0.2, 0) is 4.74 Å². The Morgan fingerprint density at radius 2 is 2.16 bits per heavy atom. The molecule has 0 fully saturated rings. The molecule has 0 aliphatic carbocycles. The number of rotatable bonds is 7. The second-order valence-corrected chi connectivity index (χ2v) is 4.25. The number of nitro benzene ring substituents is 1. The van der Waals surface area contributed by atoms with E-state index in [1.54, 1.807) is 12.1 Å². The van der Waals surface area contributed by atoms with Gasteiger partial charge in [0.25, 0.3) is 5.69 Å². The van der Waals surface area contributed by atoms with E-state index in [0.29, 0.717) is 12.2 Å². The van der Waals surface area contributed by atoms with Crippen LogP contribution < -0.4 is 0 Å². The van der Waals surface area contributed by atoms with E-state index < -0.39 is 11.0 Å². The van der Waals surface area contributed by atoms with Crippen LogP contribution in [0.4, 0.5) is 5.69 Å². The molecule has 1 N–H and O–H groups in total. The molecule has 0 aliphatic rings. The van der Waals surface area contributed by atoms with Crippen molar-refractivity contribution in [3.05, 3.63) is 39.9 Å². The number of ether oxygens (including phenoxy) is 1. The number of hydrogen-bond acceptors (Lipinski definition) is 5. The van der Waals surface area contributed by atoms with Crippen molar-refractivity contribution in [2.24, 2.45) is 0 Å². The number of likely N-dealkylation sites (N-methyl/N-ethyl adjacent to an activating group) is 1. The van der Waals surface area contributed by atoms with Crippen molar-refractivity contribution >= 4 is 18.1 Å². The van der Waals surface area contributed by atoms with Crippen molar-refractivity contribution in [1.82, 2.24) is 4.90 Å². The average Bonchev–Trinajstić information content (AvgIpc) is 2.34. The lowest BCUT2D eigenvalue weighted by Crippen LogP contribution is -2.19. The number of nitro groups is 1. The quantitative estimate of drug-likeness (QED) is 0.469. The summed E-state index contributed by atoms with van der Waals surface area (Å²) in [6.07, 6.45) is -0.841. The van der Waals surface area contributed by atoms with Gasteiger partial charge in [-0.2, -0.15) is 0 Å². The van der Waals surface area contributed by atoms with Gasteiger partial charge in [-0.25, -0.2) is 0 Å². The van der Waals surface area contributed by atoms with Gasteiger partial charge >= 0.3 is 0 Å². The third-order valence-corrected chi connectivity index (χ3v) is 2.42. The van der Waals surface area contributed by atoms with Crippen LogP contribution >= 0.6 is 12.4 Å². The van der Waals surface area contributed by atoms with Gasteiger partial charge in [0.15, 0.2) is 0 Å². The first-order valence-electron chi connectivity index (χ1n) is 5.65. The highest BCUT2D eigenvalue weighted by Gasteiger charge is 2.12. The molecule has 0 radical (unpaired) electrons. The highest BCUT2D eigenvalue weighted by Crippen LogP contribution is 2.19. The first-order chi connectivity index (χ1) is 8.50. The smallest absolute Gasteiger partial charge is 0.269 e. The van der Waals surface area contributed by atoms with E-state index in [1.165, 1.54) is 12.1 Å². The molecular weight excluding hydrogens is 272 g/mol. The summed E-state index contributed by atoms with van der Waals surface area (Å²) < 4.78 is 5.30. The molecular formula is C12H19ClN2O4. The summed E-state index contributed by atoms with van der Waals surface area (Å²) in [6.45, 7) is 1.41. The molecule has 0 saturated carbocycles. The lowest BCUT2D eigenvalue weighted by atomic mass is 10.1. The number of aliphatic hydroxyl groups excluding tert-OH is 1. The Bertz CT molecular complexity index is 401. The maximum atomic E-state index is 10.6. The molecule has 1 aromatic rings. The molecule has 19 heavy (non-hydrogen) atoms. The fraction of sp³-hybridized carbons (Fsp3) is 0.500. The summed E-state index contributed by atoms with van der Waals surface area (Å²) in [6, 6.07) is 5.95. The topological polar surface area (TPSA) is 75.8 Å². The lowest BCUT2D eigenvalue weighted by molar-refractivity contribution is -0.385. The Balaban J connectivity index is 0.00000324. The Morgan fingerprint density at radius 1 is 1.47 bits per heavy atom. The third-order valence-electron chi connectivity index (χ3n) is 2.42. The zero-order valence-corrected chi connectivity index (χ0v) is 11.8. The van der Waals surface area contributed by atoms with E-state index in [2.05, 4.69) is 0 Å². The monoisotopic (exact) mass is 290 g/mol. The Morgan fingerprint density at radius 3 is 2.74 bits per heavy atom. The Kier molecular flexibility index (Phi) is 8.26. The van der Waals surface area contributed by atoms with E-state index in [4.69, 9.17) is 4.74 Å². The Labute approximate surface area is 118 Å². The number of nitrogens with zero attached hydrogens (tertiary/aromatic N) is 2. The molecule has 0 heterocycles. The highest BCUT2D eigenvalue weighted by atomic mass is 35.5. The van der Waals surface area contributed by atoms with Crippen molar-refractivity contribution in [2.45, 2.75) is 6.10 Å². The first-order valence-corrected chi connectivity index (χ1v) is 5.65. The molecule has 1 atom stereocenters. The largest absolute Gasteiger partial charge is 0.386 e. The summed E-state index contributed by atoms with van der Waals surface area (Å²) in [4.78, 5) is 12.1. The molecule has 0 saturated heterocycles. The average molecular weight is 291 g/mol. The minimum atomic E-state index is -0.841. The fourth-order valence-electron chi connectivity index (χ4n) is 1.38. The van der Waals surface area contributed by atoms with Gasteiger partial charge in [0.1, 0.15) is 6.10 Å². The van der Waals surface area contributed by atoms with Gasteiger partial charge in [-0.1, -0.05) is 12.1 Å². The summed E-state index contributed by atoms with van der Waals surface area (Å²) >= 11 is 0. The standard InChI is InChI=1S/C12H18N2O4.ClH/c1-13(2)6-7-18-9-12(15)10-4-3-5-11(8-10)14(16)17;/h3-5,8,12,15H,6-7,9H2,1-2H3;1H. The second-order valence-electron chi connectivity index (χ2n) is 4.25. The summed E-state index contributed by atoms with van der Waals surface area (Å²) in [7, 11) is 3.86. The normalized spacial score (nSPS) is 12.0. The van der Waals surface area contributed by atoms with Crippen molar-refractivity contribution in [1.29, 1.82) is 0 Å². The van der Waals surface area contributed by atoms with Crippen LogP contribution in [0.1, 0.15) is 11.7 Å².